The fourth-order valence-corrected chi connectivity index (χ4v) is 3.29. The number of hydrogen-bond donors (Lipinski definition) is 2. The monoisotopic (exact) mass is 380 g/mol. The van der Waals surface area contributed by atoms with Gasteiger partial charge >= 0.3 is 5.97 Å². The molecule has 0 radical (unpaired) electrons. The minimum absolute atomic E-state index is 0.0891. The first kappa shape index (κ1) is 19.6. The Bertz CT molecular complexity index is 855. The molecule has 0 heterocycles. The van der Waals surface area contributed by atoms with Gasteiger partial charge < -0.3 is 15.4 Å². The van der Waals surface area contributed by atoms with Crippen LogP contribution < -0.4 is 15.4 Å². The topological polar surface area (TPSA) is 84.5 Å². The van der Waals surface area contributed by atoms with Crippen LogP contribution in [0.3, 0.4) is 0 Å². The zero-order valence-electron chi connectivity index (χ0n) is 15.9. The molecule has 28 heavy (non-hydrogen) atoms. The van der Waals surface area contributed by atoms with Crippen molar-refractivity contribution in [2.24, 2.45) is 5.92 Å². The highest BCUT2D eigenvalue weighted by molar-refractivity contribution is 5.94. The van der Waals surface area contributed by atoms with Gasteiger partial charge in [-0.3, -0.25) is 14.4 Å². The smallest absolute Gasteiger partial charge is 0.308 e. The number of nitrogens with one attached hydrogen (secondary N) is 2. The summed E-state index contributed by atoms with van der Waals surface area (Å²) in [6.45, 7) is 1.67. The maximum absolute atomic E-state index is 12.3. The molecule has 6 nitrogen and oxygen atoms in total. The summed E-state index contributed by atoms with van der Waals surface area (Å²) in [6, 6.07) is 13.9. The lowest BCUT2D eigenvalue weighted by atomic mass is 10.1. The van der Waals surface area contributed by atoms with Crippen LogP contribution in [0, 0.1) is 5.92 Å². The van der Waals surface area contributed by atoms with E-state index < -0.39 is 5.97 Å². The van der Waals surface area contributed by atoms with Crippen molar-refractivity contribution in [2.45, 2.75) is 39.2 Å². The molecule has 1 aliphatic rings. The van der Waals surface area contributed by atoms with Crippen LogP contribution in [0.4, 0.5) is 5.69 Å². The van der Waals surface area contributed by atoms with Gasteiger partial charge in [-0.2, -0.15) is 0 Å². The number of esters is 1. The van der Waals surface area contributed by atoms with Crippen molar-refractivity contribution in [1.82, 2.24) is 5.32 Å². The predicted octanol–water partition coefficient (Wildman–Crippen LogP) is 3.67. The number of carbonyl (C=O) groups is 3. The number of ether oxygens (including phenoxy) is 1. The fourth-order valence-electron chi connectivity index (χ4n) is 3.29. The first-order valence-corrected chi connectivity index (χ1v) is 9.48. The average molecular weight is 380 g/mol. The third kappa shape index (κ3) is 5.42. The van der Waals surface area contributed by atoms with Gasteiger partial charge in [-0.05, 0) is 48.7 Å². The third-order valence-electron chi connectivity index (χ3n) is 4.76. The van der Waals surface area contributed by atoms with Crippen molar-refractivity contribution in [2.75, 3.05) is 5.32 Å². The van der Waals surface area contributed by atoms with Crippen molar-refractivity contribution in [3.05, 3.63) is 59.7 Å². The minimum atomic E-state index is -0.433. The maximum Gasteiger partial charge on any atom is 0.308 e. The van der Waals surface area contributed by atoms with Crippen LogP contribution >= 0.6 is 0 Å². The Balaban J connectivity index is 1.52. The first-order valence-electron chi connectivity index (χ1n) is 9.48. The van der Waals surface area contributed by atoms with Crippen LogP contribution in [0.1, 0.15) is 48.5 Å². The van der Waals surface area contributed by atoms with Crippen LogP contribution in [0.5, 0.6) is 5.75 Å². The van der Waals surface area contributed by atoms with Crippen LogP contribution in [-0.4, -0.2) is 17.8 Å². The molecule has 6 heteroatoms. The van der Waals surface area contributed by atoms with Crippen LogP contribution in [0.25, 0.3) is 0 Å². The van der Waals surface area contributed by atoms with Gasteiger partial charge in [-0.15, -0.1) is 0 Å². The van der Waals surface area contributed by atoms with E-state index in [0.717, 1.165) is 36.9 Å². The summed E-state index contributed by atoms with van der Waals surface area (Å²) in [5, 5.41) is 5.79. The number of anilines is 1. The third-order valence-corrected chi connectivity index (χ3v) is 4.76. The first-order chi connectivity index (χ1) is 13.5. The van der Waals surface area contributed by atoms with E-state index in [1.54, 1.807) is 18.2 Å². The molecule has 146 valence electrons. The zero-order valence-corrected chi connectivity index (χ0v) is 15.9. The number of hydrogen-bond acceptors (Lipinski definition) is 4. The summed E-state index contributed by atoms with van der Waals surface area (Å²) >= 11 is 0. The van der Waals surface area contributed by atoms with E-state index in [-0.39, 0.29) is 17.7 Å². The van der Waals surface area contributed by atoms with Gasteiger partial charge in [-0.25, -0.2) is 0 Å². The number of rotatable bonds is 6. The Morgan fingerprint density at radius 3 is 2.43 bits per heavy atom. The van der Waals surface area contributed by atoms with Crippen LogP contribution in [0.2, 0.25) is 0 Å². The van der Waals surface area contributed by atoms with Crippen molar-refractivity contribution in [1.29, 1.82) is 0 Å². The average Bonchev–Trinajstić information content (AvgIpc) is 3.22. The summed E-state index contributed by atoms with van der Waals surface area (Å²) in [7, 11) is 0. The van der Waals surface area contributed by atoms with Gasteiger partial charge in [0.15, 0.2) is 0 Å². The summed E-state index contributed by atoms with van der Waals surface area (Å²) in [5.74, 6) is -0.138. The lowest BCUT2D eigenvalue weighted by molar-refractivity contribution is -0.131. The Morgan fingerprint density at radius 2 is 1.75 bits per heavy atom. The Labute approximate surface area is 164 Å². The van der Waals surface area contributed by atoms with E-state index in [1.807, 2.05) is 24.3 Å². The Morgan fingerprint density at radius 1 is 1.04 bits per heavy atom. The summed E-state index contributed by atoms with van der Waals surface area (Å²) in [4.78, 5) is 35.5. The van der Waals surface area contributed by atoms with Gasteiger partial charge in [0.05, 0.1) is 0 Å². The van der Waals surface area contributed by atoms with Gasteiger partial charge in [0, 0.05) is 30.6 Å². The van der Waals surface area contributed by atoms with E-state index in [1.165, 1.54) is 13.0 Å². The molecule has 3 rings (SSSR count). The largest absolute Gasteiger partial charge is 0.427 e. The molecular weight excluding hydrogens is 356 g/mol. The molecule has 2 amide bonds. The Hall–Kier alpha value is -3.15. The minimum Gasteiger partial charge on any atom is -0.427 e. The molecule has 2 aromatic rings. The fraction of sp³-hybridized carbons (Fsp3) is 0.318. The second kappa shape index (κ2) is 9.17. The van der Waals surface area contributed by atoms with E-state index in [2.05, 4.69) is 10.6 Å². The zero-order chi connectivity index (χ0) is 19.9. The second-order valence-corrected chi connectivity index (χ2v) is 6.97. The molecule has 0 aliphatic heterocycles. The summed E-state index contributed by atoms with van der Waals surface area (Å²) in [6.07, 6.45) is 4.18. The summed E-state index contributed by atoms with van der Waals surface area (Å²) in [5.41, 5.74) is 2.10. The number of carbonyl (C=O) groups excluding carboxylic acids is 3. The maximum atomic E-state index is 12.3. The standard InChI is InChI=1S/C22H24N2O4/c1-15(25)28-20-8-4-7-18(13-20)21(26)23-14-16-9-11-19(12-10-16)24-22(27)17-5-2-3-6-17/h4,7-13,17H,2-3,5-6,14H2,1H3,(H,23,26)(H,24,27). The van der Waals surface area contributed by atoms with Crippen LogP contribution in [-0.2, 0) is 16.1 Å². The van der Waals surface area contributed by atoms with Crippen molar-refractivity contribution in [3.8, 4) is 5.75 Å². The van der Waals surface area contributed by atoms with Crippen molar-refractivity contribution in [3.63, 3.8) is 0 Å². The number of amides is 2. The SMILES string of the molecule is CC(=O)Oc1cccc(C(=O)NCc2ccc(NC(=O)C3CCCC3)cc2)c1. The van der Waals surface area contributed by atoms with Gasteiger partial charge in [0.2, 0.25) is 5.91 Å². The molecular formula is C22H24N2O4. The van der Waals surface area contributed by atoms with Crippen molar-refractivity contribution < 1.29 is 19.1 Å². The molecule has 0 saturated heterocycles. The highest BCUT2D eigenvalue weighted by atomic mass is 16.5. The quantitative estimate of drug-likeness (QED) is 0.591. The highest BCUT2D eigenvalue weighted by Gasteiger charge is 2.22. The molecule has 1 aliphatic carbocycles. The van der Waals surface area contributed by atoms with Crippen LogP contribution in [0.15, 0.2) is 48.5 Å². The van der Waals surface area contributed by atoms with E-state index in [4.69, 9.17) is 4.74 Å². The lowest BCUT2D eigenvalue weighted by Crippen LogP contribution is -2.23. The molecule has 1 saturated carbocycles. The molecule has 2 N–H and O–H groups in total. The summed E-state index contributed by atoms with van der Waals surface area (Å²) < 4.78 is 5.00. The van der Waals surface area contributed by atoms with Gasteiger partial charge in [0.1, 0.15) is 5.75 Å². The van der Waals surface area contributed by atoms with Gasteiger partial charge in [0.25, 0.3) is 5.91 Å². The van der Waals surface area contributed by atoms with E-state index in [0.29, 0.717) is 17.9 Å². The lowest BCUT2D eigenvalue weighted by Gasteiger charge is -2.11. The number of benzene rings is 2. The van der Waals surface area contributed by atoms with E-state index >= 15 is 0 Å². The Kier molecular flexibility index (Phi) is 6.42. The molecule has 0 aromatic heterocycles. The van der Waals surface area contributed by atoms with Gasteiger partial charge in [-0.1, -0.05) is 31.0 Å². The molecule has 0 atom stereocenters. The second-order valence-electron chi connectivity index (χ2n) is 6.97. The molecule has 2 aromatic carbocycles. The molecule has 0 spiro atoms. The van der Waals surface area contributed by atoms with E-state index in [9.17, 15) is 14.4 Å². The molecule has 0 bridgehead atoms. The highest BCUT2D eigenvalue weighted by Crippen LogP contribution is 2.26. The normalized spacial score (nSPS) is 13.8. The molecule has 1 fully saturated rings. The molecule has 0 unspecified atom stereocenters. The predicted molar refractivity (Wildman–Crippen MR) is 106 cm³/mol. The van der Waals surface area contributed by atoms with Crippen molar-refractivity contribution >= 4 is 23.5 Å².